The van der Waals surface area contributed by atoms with E-state index in [4.69, 9.17) is 0 Å². The Hall–Kier alpha value is -1.25. The number of carbonyl (C=O) groups excluding carboxylic acids is 3. The van der Waals surface area contributed by atoms with Crippen LogP contribution in [-0.4, -0.2) is 18.4 Å². The lowest BCUT2D eigenvalue weighted by Crippen LogP contribution is -2.24. The Morgan fingerprint density at radius 1 is 1.25 bits per heavy atom. The fourth-order valence-electron chi connectivity index (χ4n) is 2.10. The Kier molecular flexibility index (Phi) is 5.09. The van der Waals surface area contributed by atoms with Crippen molar-refractivity contribution in [3.63, 3.8) is 0 Å². The van der Waals surface area contributed by atoms with E-state index in [2.05, 4.69) is 6.08 Å². The zero-order chi connectivity index (χ0) is 11.9. The lowest BCUT2D eigenvalue weighted by molar-refractivity contribution is -0.130. The van der Waals surface area contributed by atoms with E-state index >= 15 is 0 Å². The van der Waals surface area contributed by atoms with Crippen LogP contribution in [0.25, 0.3) is 0 Å². The maximum absolute atomic E-state index is 11.2. The highest BCUT2D eigenvalue weighted by Crippen LogP contribution is 2.34. The van der Waals surface area contributed by atoms with Gasteiger partial charge in [0.05, 0.1) is 0 Å². The molecule has 1 atom stereocenters. The van der Waals surface area contributed by atoms with E-state index in [-0.39, 0.29) is 6.42 Å². The normalized spacial score (nSPS) is 25.5. The van der Waals surface area contributed by atoms with Crippen LogP contribution in [0.5, 0.6) is 0 Å². The topological polar surface area (TPSA) is 51.2 Å². The summed E-state index contributed by atoms with van der Waals surface area (Å²) in [5, 5.41) is 0. The van der Waals surface area contributed by atoms with Gasteiger partial charge in [0.15, 0.2) is 12.1 Å². The molecule has 1 unspecified atom stereocenters. The van der Waals surface area contributed by atoms with E-state index in [1.165, 1.54) is 0 Å². The minimum Gasteiger partial charge on any atom is -0.303 e. The zero-order valence-electron chi connectivity index (χ0n) is 9.48. The van der Waals surface area contributed by atoms with Gasteiger partial charge in [-0.25, -0.2) is 0 Å². The molecule has 0 N–H and O–H groups in total. The van der Waals surface area contributed by atoms with Crippen LogP contribution in [-0.2, 0) is 14.4 Å². The number of hydrogen-bond donors (Lipinski definition) is 0. The molecule has 0 radical (unpaired) electrons. The first-order valence-electron chi connectivity index (χ1n) is 5.82. The molecule has 0 amide bonds. The average molecular weight is 222 g/mol. The van der Waals surface area contributed by atoms with Crippen molar-refractivity contribution in [1.82, 2.24) is 0 Å². The van der Waals surface area contributed by atoms with Crippen molar-refractivity contribution in [2.24, 2.45) is 5.41 Å². The molecule has 3 nitrogen and oxygen atoms in total. The van der Waals surface area contributed by atoms with E-state index in [9.17, 15) is 14.4 Å². The molecule has 0 heterocycles. The van der Waals surface area contributed by atoms with E-state index < -0.39 is 11.2 Å². The summed E-state index contributed by atoms with van der Waals surface area (Å²) in [5.74, 6) is -0.410. The minimum atomic E-state index is -0.421. The molecule has 0 aromatic carbocycles. The second kappa shape index (κ2) is 6.36. The van der Waals surface area contributed by atoms with E-state index in [1.54, 1.807) is 0 Å². The first kappa shape index (κ1) is 12.8. The average Bonchev–Trinajstić information content (AvgIpc) is 2.28. The van der Waals surface area contributed by atoms with Gasteiger partial charge in [-0.1, -0.05) is 18.6 Å². The summed E-state index contributed by atoms with van der Waals surface area (Å²) >= 11 is 0. The smallest absolute Gasteiger partial charge is 0.195 e. The van der Waals surface area contributed by atoms with Gasteiger partial charge in [-0.05, 0) is 32.1 Å². The molecule has 0 aromatic rings. The number of carbonyl (C=O) groups is 3. The van der Waals surface area contributed by atoms with Gasteiger partial charge >= 0.3 is 0 Å². The first-order chi connectivity index (χ1) is 7.72. The Labute approximate surface area is 95.9 Å². The fourth-order valence-corrected chi connectivity index (χ4v) is 2.10. The summed E-state index contributed by atoms with van der Waals surface area (Å²) in [7, 11) is 0. The second-order valence-electron chi connectivity index (χ2n) is 4.49. The number of rotatable bonds is 5. The maximum atomic E-state index is 11.2. The molecule has 1 aliphatic carbocycles. The lowest BCUT2D eigenvalue weighted by Gasteiger charge is -2.27. The molecule has 0 fully saturated rings. The molecule has 16 heavy (non-hydrogen) atoms. The van der Waals surface area contributed by atoms with Crippen LogP contribution < -0.4 is 0 Å². The summed E-state index contributed by atoms with van der Waals surface area (Å²) in [6, 6.07) is 0. The number of ketones is 1. The van der Waals surface area contributed by atoms with Crippen molar-refractivity contribution < 1.29 is 14.4 Å². The van der Waals surface area contributed by atoms with E-state index in [1.807, 2.05) is 6.08 Å². The molecular weight excluding hydrogens is 204 g/mol. The van der Waals surface area contributed by atoms with Gasteiger partial charge in [0.1, 0.15) is 6.29 Å². The van der Waals surface area contributed by atoms with E-state index in [0.717, 1.165) is 32.0 Å². The Morgan fingerprint density at radius 3 is 2.75 bits per heavy atom. The SMILES string of the molecule is O=CC(=O)CCC1(C=O)CC=CCCCC1. The molecule has 0 saturated heterocycles. The molecule has 0 bridgehead atoms. The molecule has 88 valence electrons. The lowest BCUT2D eigenvalue weighted by atomic mass is 9.75. The molecule has 0 saturated carbocycles. The number of Topliss-reactive ketones (excluding diaryl/α,β-unsaturated/α-hetero) is 1. The van der Waals surface area contributed by atoms with Crippen molar-refractivity contribution in [3.05, 3.63) is 12.2 Å². The standard InChI is InChI=1S/C13H18O3/c14-10-12(16)6-9-13(11-15)7-4-2-1-3-5-8-13/h2,4,10-11H,1,3,5-9H2. The van der Waals surface area contributed by atoms with Gasteiger partial charge in [0, 0.05) is 11.8 Å². The maximum Gasteiger partial charge on any atom is 0.195 e. The van der Waals surface area contributed by atoms with Crippen LogP contribution in [0.15, 0.2) is 12.2 Å². The van der Waals surface area contributed by atoms with Crippen LogP contribution in [0.4, 0.5) is 0 Å². The summed E-state index contributed by atoms with van der Waals surface area (Å²) in [6.45, 7) is 0. The van der Waals surface area contributed by atoms with Crippen LogP contribution >= 0.6 is 0 Å². The van der Waals surface area contributed by atoms with Crippen molar-refractivity contribution in [1.29, 1.82) is 0 Å². The third-order valence-corrected chi connectivity index (χ3v) is 3.24. The highest BCUT2D eigenvalue weighted by molar-refractivity contribution is 6.24. The zero-order valence-corrected chi connectivity index (χ0v) is 9.48. The Balaban J connectivity index is 2.62. The van der Waals surface area contributed by atoms with Gasteiger partial charge in [0.2, 0.25) is 0 Å². The van der Waals surface area contributed by atoms with Crippen LogP contribution in [0.3, 0.4) is 0 Å². The molecule has 0 aliphatic heterocycles. The number of allylic oxidation sites excluding steroid dienone is 2. The molecule has 0 aromatic heterocycles. The molecular formula is C13H18O3. The highest BCUT2D eigenvalue weighted by atomic mass is 16.2. The van der Waals surface area contributed by atoms with E-state index in [0.29, 0.717) is 19.1 Å². The summed E-state index contributed by atoms with van der Waals surface area (Å²) < 4.78 is 0. The van der Waals surface area contributed by atoms with Crippen molar-refractivity contribution in [2.45, 2.75) is 44.9 Å². The molecule has 1 rings (SSSR count). The third kappa shape index (κ3) is 3.72. The van der Waals surface area contributed by atoms with Crippen molar-refractivity contribution in [2.75, 3.05) is 0 Å². The quantitative estimate of drug-likeness (QED) is 0.407. The highest BCUT2D eigenvalue weighted by Gasteiger charge is 2.29. The summed E-state index contributed by atoms with van der Waals surface area (Å²) in [5.41, 5.74) is -0.421. The van der Waals surface area contributed by atoms with Crippen LogP contribution in [0, 0.1) is 5.41 Å². The molecule has 1 aliphatic rings. The predicted octanol–water partition coefficient (Wildman–Crippen LogP) is 2.24. The van der Waals surface area contributed by atoms with Gasteiger partial charge in [-0.15, -0.1) is 0 Å². The Morgan fingerprint density at radius 2 is 2.06 bits per heavy atom. The second-order valence-corrected chi connectivity index (χ2v) is 4.49. The van der Waals surface area contributed by atoms with Crippen LogP contribution in [0.2, 0.25) is 0 Å². The number of hydrogen-bond acceptors (Lipinski definition) is 3. The molecule has 3 heteroatoms. The van der Waals surface area contributed by atoms with Gasteiger partial charge in [0.25, 0.3) is 0 Å². The minimum absolute atomic E-state index is 0.191. The van der Waals surface area contributed by atoms with Gasteiger partial charge < -0.3 is 4.79 Å². The monoisotopic (exact) mass is 222 g/mol. The summed E-state index contributed by atoms with van der Waals surface area (Å²) in [6.07, 6.45) is 10.8. The first-order valence-corrected chi connectivity index (χ1v) is 5.82. The van der Waals surface area contributed by atoms with Crippen molar-refractivity contribution >= 4 is 18.4 Å². The largest absolute Gasteiger partial charge is 0.303 e. The van der Waals surface area contributed by atoms with Gasteiger partial charge in [-0.2, -0.15) is 0 Å². The van der Waals surface area contributed by atoms with Crippen molar-refractivity contribution in [3.8, 4) is 0 Å². The number of aldehydes is 2. The third-order valence-electron chi connectivity index (χ3n) is 3.24. The molecule has 0 spiro atoms. The fraction of sp³-hybridized carbons (Fsp3) is 0.615. The predicted molar refractivity (Wildman–Crippen MR) is 61.0 cm³/mol. The Bertz CT molecular complexity index is 294. The van der Waals surface area contributed by atoms with Gasteiger partial charge in [-0.3, -0.25) is 9.59 Å². The van der Waals surface area contributed by atoms with Crippen LogP contribution in [0.1, 0.15) is 44.9 Å². The summed E-state index contributed by atoms with van der Waals surface area (Å²) in [4.78, 5) is 32.4.